The molecule has 0 saturated heterocycles. The van der Waals surface area contributed by atoms with Crippen molar-refractivity contribution in [3.05, 3.63) is 23.8 Å². The van der Waals surface area contributed by atoms with Gasteiger partial charge in [-0.2, -0.15) is 0 Å². The van der Waals surface area contributed by atoms with Gasteiger partial charge in [-0.15, -0.1) is 0 Å². The predicted molar refractivity (Wildman–Crippen MR) is 64.9 cm³/mol. The summed E-state index contributed by atoms with van der Waals surface area (Å²) in [5.41, 5.74) is 0.256. The molecular formula is C11H14N2O4S. The lowest BCUT2D eigenvalue weighted by molar-refractivity contribution is 0.0951. The molecule has 98 valence electrons. The van der Waals surface area contributed by atoms with Crippen LogP contribution in [0.1, 0.15) is 23.2 Å². The fraction of sp³-hybridized carbons (Fsp3) is 0.364. The minimum absolute atomic E-state index is 0.125. The highest BCUT2D eigenvalue weighted by atomic mass is 32.2. The second kappa shape index (κ2) is 4.58. The molecule has 0 bridgehead atoms. The summed E-state index contributed by atoms with van der Waals surface area (Å²) in [6.07, 6.45) is 1.92. The summed E-state index contributed by atoms with van der Waals surface area (Å²) < 4.78 is 27.7. The molecule has 3 N–H and O–H groups in total. The van der Waals surface area contributed by atoms with Crippen molar-refractivity contribution in [3.63, 3.8) is 0 Å². The molecule has 0 radical (unpaired) electrons. The van der Waals surface area contributed by atoms with E-state index >= 15 is 0 Å². The van der Waals surface area contributed by atoms with Gasteiger partial charge in [0.1, 0.15) is 10.6 Å². The first-order valence-electron chi connectivity index (χ1n) is 5.43. The molecule has 0 aromatic heterocycles. The molecule has 1 amide bonds. The fourth-order valence-corrected chi connectivity index (χ4v) is 2.26. The summed E-state index contributed by atoms with van der Waals surface area (Å²) in [5.74, 6) is -0.175. The Morgan fingerprint density at radius 2 is 2.11 bits per heavy atom. The minimum Gasteiger partial charge on any atom is -0.495 e. The van der Waals surface area contributed by atoms with Gasteiger partial charge in [-0.3, -0.25) is 4.79 Å². The van der Waals surface area contributed by atoms with Crippen molar-refractivity contribution in [1.82, 2.24) is 5.32 Å². The van der Waals surface area contributed by atoms with Crippen LogP contribution < -0.4 is 15.2 Å². The van der Waals surface area contributed by atoms with E-state index in [0.29, 0.717) is 0 Å². The molecule has 1 aromatic rings. The van der Waals surface area contributed by atoms with Crippen molar-refractivity contribution in [2.45, 2.75) is 23.8 Å². The van der Waals surface area contributed by atoms with E-state index in [4.69, 9.17) is 9.88 Å². The van der Waals surface area contributed by atoms with Gasteiger partial charge in [0.15, 0.2) is 0 Å². The Balaban J connectivity index is 2.35. The number of carbonyl (C=O) groups excluding carboxylic acids is 1. The maximum absolute atomic E-state index is 11.8. The second-order valence-electron chi connectivity index (χ2n) is 4.16. The molecule has 0 spiro atoms. The Hall–Kier alpha value is -1.60. The van der Waals surface area contributed by atoms with Gasteiger partial charge >= 0.3 is 0 Å². The third-order valence-corrected chi connectivity index (χ3v) is 3.58. The lowest BCUT2D eigenvalue weighted by Gasteiger charge is -2.09. The second-order valence-corrected chi connectivity index (χ2v) is 5.69. The predicted octanol–water partition coefficient (Wildman–Crippen LogP) is 0.235. The topological polar surface area (TPSA) is 98.5 Å². The maximum Gasteiger partial charge on any atom is 0.251 e. The van der Waals surface area contributed by atoms with E-state index in [0.717, 1.165) is 12.8 Å². The zero-order valence-corrected chi connectivity index (χ0v) is 10.7. The number of ether oxygens (including phenoxy) is 1. The zero-order chi connectivity index (χ0) is 13.3. The Bertz CT molecular complexity index is 579. The monoisotopic (exact) mass is 270 g/mol. The Labute approximate surface area is 105 Å². The molecule has 7 heteroatoms. The third kappa shape index (κ3) is 2.80. The summed E-state index contributed by atoms with van der Waals surface area (Å²) in [6, 6.07) is 4.36. The van der Waals surface area contributed by atoms with E-state index < -0.39 is 10.0 Å². The van der Waals surface area contributed by atoms with E-state index in [-0.39, 0.29) is 28.2 Å². The van der Waals surface area contributed by atoms with Gasteiger partial charge in [-0.25, -0.2) is 13.6 Å². The maximum atomic E-state index is 11.8. The first kappa shape index (κ1) is 12.8. The number of rotatable bonds is 4. The van der Waals surface area contributed by atoms with E-state index in [9.17, 15) is 13.2 Å². The van der Waals surface area contributed by atoms with Gasteiger partial charge in [0.2, 0.25) is 10.0 Å². The van der Waals surface area contributed by atoms with E-state index in [1.807, 2.05) is 0 Å². The summed E-state index contributed by atoms with van der Waals surface area (Å²) in [5, 5.41) is 7.85. The van der Waals surface area contributed by atoms with Crippen LogP contribution in [0.4, 0.5) is 0 Å². The number of amides is 1. The van der Waals surface area contributed by atoms with Gasteiger partial charge in [0, 0.05) is 11.6 Å². The number of primary sulfonamides is 1. The number of benzene rings is 1. The van der Waals surface area contributed by atoms with Crippen molar-refractivity contribution in [2.75, 3.05) is 7.11 Å². The molecule has 0 unspecified atom stereocenters. The van der Waals surface area contributed by atoms with Crippen molar-refractivity contribution < 1.29 is 17.9 Å². The summed E-state index contributed by atoms with van der Waals surface area (Å²) >= 11 is 0. The molecule has 1 aliphatic rings. The van der Waals surface area contributed by atoms with Crippen LogP contribution in [0, 0.1) is 0 Å². The van der Waals surface area contributed by atoms with E-state index in [1.54, 1.807) is 0 Å². The number of nitrogens with one attached hydrogen (secondary N) is 1. The van der Waals surface area contributed by atoms with Crippen LogP contribution in [-0.4, -0.2) is 27.5 Å². The van der Waals surface area contributed by atoms with Crippen molar-refractivity contribution in [1.29, 1.82) is 0 Å². The molecule has 2 rings (SSSR count). The highest BCUT2D eigenvalue weighted by Crippen LogP contribution is 2.24. The quantitative estimate of drug-likeness (QED) is 0.818. The van der Waals surface area contributed by atoms with Crippen LogP contribution in [-0.2, 0) is 10.0 Å². The summed E-state index contributed by atoms with van der Waals surface area (Å²) in [4.78, 5) is 11.6. The smallest absolute Gasteiger partial charge is 0.251 e. The lowest BCUT2D eigenvalue weighted by Crippen LogP contribution is -2.25. The molecule has 1 aliphatic carbocycles. The SMILES string of the molecule is COc1ccc(C(=O)NC2CC2)cc1S(N)(=O)=O. The largest absolute Gasteiger partial charge is 0.495 e. The molecule has 1 aromatic carbocycles. The molecule has 0 heterocycles. The van der Waals surface area contributed by atoms with Crippen molar-refractivity contribution in [3.8, 4) is 5.75 Å². The molecule has 0 atom stereocenters. The average molecular weight is 270 g/mol. The van der Waals surface area contributed by atoms with E-state index in [2.05, 4.69) is 5.32 Å². The molecule has 0 aliphatic heterocycles. The first-order chi connectivity index (χ1) is 8.41. The lowest BCUT2D eigenvalue weighted by atomic mass is 10.2. The molecule has 6 nitrogen and oxygen atoms in total. The minimum atomic E-state index is -3.92. The number of carbonyl (C=O) groups is 1. The van der Waals surface area contributed by atoms with Crippen molar-refractivity contribution >= 4 is 15.9 Å². The van der Waals surface area contributed by atoms with Gasteiger partial charge in [-0.1, -0.05) is 0 Å². The number of hydrogen-bond donors (Lipinski definition) is 2. The van der Waals surface area contributed by atoms with Crippen LogP contribution in [0.2, 0.25) is 0 Å². The third-order valence-electron chi connectivity index (χ3n) is 2.64. The highest BCUT2D eigenvalue weighted by Gasteiger charge is 2.25. The van der Waals surface area contributed by atoms with Crippen LogP contribution >= 0.6 is 0 Å². The average Bonchev–Trinajstić information content (AvgIpc) is 3.11. The number of methoxy groups -OCH3 is 1. The zero-order valence-electron chi connectivity index (χ0n) is 9.84. The molecule has 1 saturated carbocycles. The molecule has 1 fully saturated rings. The normalized spacial score (nSPS) is 15.2. The van der Waals surface area contributed by atoms with Gasteiger partial charge in [0.05, 0.1) is 7.11 Å². The van der Waals surface area contributed by atoms with Gasteiger partial charge < -0.3 is 10.1 Å². The summed E-state index contributed by atoms with van der Waals surface area (Å²) in [7, 11) is -2.58. The standard InChI is InChI=1S/C11H14N2O4S/c1-17-9-5-2-7(6-10(9)18(12,15)16)11(14)13-8-3-4-8/h2,5-6,8H,3-4H2,1H3,(H,13,14)(H2,12,15,16). The number of hydrogen-bond acceptors (Lipinski definition) is 4. The number of nitrogens with two attached hydrogens (primary N) is 1. The van der Waals surface area contributed by atoms with Crippen LogP contribution in [0.15, 0.2) is 23.1 Å². The Morgan fingerprint density at radius 3 is 2.61 bits per heavy atom. The van der Waals surface area contributed by atoms with Crippen molar-refractivity contribution in [2.24, 2.45) is 5.14 Å². The van der Waals surface area contributed by atoms with Crippen LogP contribution in [0.25, 0.3) is 0 Å². The van der Waals surface area contributed by atoms with Crippen LogP contribution in [0.3, 0.4) is 0 Å². The van der Waals surface area contributed by atoms with E-state index in [1.165, 1.54) is 25.3 Å². The Morgan fingerprint density at radius 1 is 1.44 bits per heavy atom. The molecule has 18 heavy (non-hydrogen) atoms. The van der Waals surface area contributed by atoms with Gasteiger partial charge in [-0.05, 0) is 31.0 Å². The van der Waals surface area contributed by atoms with Crippen LogP contribution in [0.5, 0.6) is 5.75 Å². The first-order valence-corrected chi connectivity index (χ1v) is 6.98. The van der Waals surface area contributed by atoms with Gasteiger partial charge in [0.25, 0.3) is 5.91 Å². The fourth-order valence-electron chi connectivity index (χ4n) is 1.54. The number of sulfonamides is 1. The molecular weight excluding hydrogens is 256 g/mol. The Kier molecular flexibility index (Phi) is 3.27. The summed E-state index contributed by atoms with van der Waals surface area (Å²) in [6.45, 7) is 0. The highest BCUT2D eigenvalue weighted by molar-refractivity contribution is 7.89.